The van der Waals surface area contributed by atoms with Crippen molar-refractivity contribution in [2.75, 3.05) is 25.2 Å². The molecule has 0 radical (unpaired) electrons. The van der Waals surface area contributed by atoms with Crippen LogP contribution < -0.4 is 10.4 Å². The highest BCUT2D eigenvalue weighted by Gasteiger charge is 2.38. The second kappa shape index (κ2) is 17.2. The van der Waals surface area contributed by atoms with Crippen molar-refractivity contribution < 1.29 is 38.1 Å². The van der Waals surface area contributed by atoms with Crippen molar-refractivity contribution in [1.82, 2.24) is 20.3 Å². The van der Waals surface area contributed by atoms with E-state index in [4.69, 9.17) is 31.9 Å². The zero-order valence-electron chi connectivity index (χ0n) is 22.0. The number of nitrogens with one attached hydrogen (secondary N) is 1. The third-order valence-electron chi connectivity index (χ3n) is 5.48. The van der Waals surface area contributed by atoms with Gasteiger partial charge in [-0.25, -0.2) is 9.78 Å². The smallest absolute Gasteiger partial charge is 0.475 e. The number of alkyl halides is 3. The molecular weight excluding hydrogens is 557 g/mol. The van der Waals surface area contributed by atoms with E-state index in [1.807, 2.05) is 18.0 Å². The summed E-state index contributed by atoms with van der Waals surface area (Å²) in [5.41, 5.74) is 5.06. The van der Waals surface area contributed by atoms with Crippen molar-refractivity contribution in [1.29, 1.82) is 5.26 Å². The number of aliphatic hydroxyl groups excluding tert-OH is 2. The van der Waals surface area contributed by atoms with Crippen LogP contribution >= 0.6 is 11.6 Å². The van der Waals surface area contributed by atoms with Gasteiger partial charge in [-0.1, -0.05) is 54.3 Å². The maximum Gasteiger partial charge on any atom is 0.490 e. The second-order valence-electron chi connectivity index (χ2n) is 8.85. The Hall–Kier alpha value is -3.51. The molecule has 0 bridgehead atoms. The number of aliphatic hydroxyl groups is 2. The Labute approximate surface area is 234 Å². The van der Waals surface area contributed by atoms with Crippen LogP contribution in [0.1, 0.15) is 42.6 Å². The number of anilines is 1. The first-order chi connectivity index (χ1) is 18.8. The van der Waals surface area contributed by atoms with Crippen LogP contribution in [0, 0.1) is 18.3 Å². The molecule has 1 aliphatic carbocycles. The summed E-state index contributed by atoms with van der Waals surface area (Å²) in [6.45, 7) is 3.16. The summed E-state index contributed by atoms with van der Waals surface area (Å²) in [5, 5.41) is 35.8. The molecule has 1 fully saturated rings. The Morgan fingerprint density at radius 3 is 2.35 bits per heavy atom. The zero-order valence-corrected chi connectivity index (χ0v) is 22.7. The summed E-state index contributed by atoms with van der Waals surface area (Å²) in [7, 11) is 1.93. The second-order valence-corrected chi connectivity index (χ2v) is 9.26. The molecule has 3 rings (SSSR count). The summed E-state index contributed by atoms with van der Waals surface area (Å²) < 4.78 is 31.7. The van der Waals surface area contributed by atoms with Gasteiger partial charge < -0.3 is 15.3 Å². The highest BCUT2D eigenvalue weighted by atomic mass is 35.5. The predicted molar refractivity (Wildman–Crippen MR) is 140 cm³/mol. The molecule has 1 saturated carbocycles. The zero-order chi connectivity index (χ0) is 30.3. The van der Waals surface area contributed by atoms with Crippen molar-refractivity contribution in [3.63, 3.8) is 0 Å². The molecule has 1 heterocycles. The number of carbonyl (C=O) groups is 2. The van der Waals surface area contributed by atoms with E-state index in [-0.39, 0.29) is 18.5 Å². The molecule has 11 nitrogen and oxygen atoms in total. The molecule has 1 amide bonds. The number of carbonyl (C=O) groups excluding carboxylic acids is 1. The van der Waals surface area contributed by atoms with E-state index < -0.39 is 18.2 Å². The first kappa shape index (κ1) is 34.5. The third kappa shape index (κ3) is 12.6. The molecule has 2 aromatic rings. The largest absolute Gasteiger partial charge is 0.490 e. The number of nitriles is 1. The number of benzene rings is 1. The summed E-state index contributed by atoms with van der Waals surface area (Å²) in [4.78, 5) is 29.4. The van der Waals surface area contributed by atoms with Gasteiger partial charge in [0.2, 0.25) is 12.2 Å². The number of rotatable bonds is 9. The van der Waals surface area contributed by atoms with Crippen LogP contribution in [0.5, 0.6) is 0 Å². The highest BCUT2D eigenvalue weighted by Crippen LogP contribution is 2.29. The summed E-state index contributed by atoms with van der Waals surface area (Å²) in [6, 6.07) is 10.3. The van der Waals surface area contributed by atoms with Crippen LogP contribution in [0.4, 0.5) is 19.0 Å². The normalized spacial score (nSPS) is 13.7. The first-order valence-electron chi connectivity index (χ1n) is 12.1. The molecule has 1 atom stereocenters. The number of amides is 1. The van der Waals surface area contributed by atoms with Gasteiger partial charge in [-0.15, -0.1) is 0 Å². The first-order valence-corrected chi connectivity index (χ1v) is 12.4. The molecule has 1 unspecified atom stereocenters. The summed E-state index contributed by atoms with van der Waals surface area (Å²) in [5.74, 6) is -2.35. The van der Waals surface area contributed by atoms with E-state index in [1.54, 1.807) is 5.01 Å². The topological polar surface area (TPSA) is 163 Å². The van der Waals surface area contributed by atoms with E-state index in [9.17, 15) is 23.1 Å². The third-order valence-corrected chi connectivity index (χ3v) is 5.75. The lowest BCUT2D eigenvalue weighted by molar-refractivity contribution is -0.192. The van der Waals surface area contributed by atoms with Crippen LogP contribution in [-0.2, 0) is 16.1 Å². The van der Waals surface area contributed by atoms with E-state index in [1.165, 1.54) is 17.3 Å². The van der Waals surface area contributed by atoms with Gasteiger partial charge in [-0.2, -0.15) is 23.4 Å². The molecule has 1 aromatic heterocycles. The lowest BCUT2D eigenvalue weighted by Gasteiger charge is -2.28. The molecule has 220 valence electrons. The van der Waals surface area contributed by atoms with Gasteiger partial charge in [0.25, 0.3) is 0 Å². The monoisotopic (exact) mass is 588 g/mol. The lowest BCUT2D eigenvalue weighted by atomic mass is 10.1. The van der Waals surface area contributed by atoms with E-state index in [0.29, 0.717) is 23.8 Å². The standard InChI is InChI=1S/C12H19NO2.C11H12ClN5O.C2HF3O2/c1-10-3-5-11(6-4-10)7-13(2)8-12(15)9-14;12-9-6-14-10(5-13)16-11(9)17(15-7-18)8-3-1-2-4-8;3-2(4,5)1(6)7/h3-6,12,14-15H,7-9H2,1-2H3;6-8H,1-4H2,(H,15,18);(H,6,7). The minimum Gasteiger partial charge on any atom is -0.475 e. The van der Waals surface area contributed by atoms with Crippen LogP contribution in [0.25, 0.3) is 0 Å². The number of carboxylic acids is 1. The van der Waals surface area contributed by atoms with Crippen LogP contribution in [-0.4, -0.2) is 81.1 Å². The van der Waals surface area contributed by atoms with E-state index in [0.717, 1.165) is 32.2 Å². The number of likely N-dealkylation sites (N-methyl/N-ethyl adjacent to an activating group) is 1. The fraction of sp³-hybridized carbons (Fsp3) is 0.480. The van der Waals surface area contributed by atoms with E-state index in [2.05, 4.69) is 46.6 Å². The minimum absolute atomic E-state index is 0.0325. The average molecular weight is 589 g/mol. The van der Waals surface area contributed by atoms with Crippen molar-refractivity contribution >= 4 is 29.8 Å². The number of aliphatic carboxylic acids is 1. The Morgan fingerprint density at radius 2 is 1.88 bits per heavy atom. The van der Waals surface area contributed by atoms with E-state index >= 15 is 0 Å². The van der Waals surface area contributed by atoms with Crippen molar-refractivity contribution in [2.24, 2.45) is 0 Å². The molecule has 40 heavy (non-hydrogen) atoms. The lowest BCUT2D eigenvalue weighted by Crippen LogP contribution is -2.45. The van der Waals surface area contributed by atoms with Gasteiger partial charge in [0.1, 0.15) is 11.1 Å². The van der Waals surface area contributed by atoms with Gasteiger partial charge >= 0.3 is 12.1 Å². The van der Waals surface area contributed by atoms with Gasteiger partial charge in [0.15, 0.2) is 5.82 Å². The van der Waals surface area contributed by atoms with Gasteiger partial charge in [-0.3, -0.25) is 20.1 Å². The average Bonchev–Trinajstić information content (AvgIpc) is 3.44. The summed E-state index contributed by atoms with van der Waals surface area (Å²) in [6.07, 6.45) is 0.358. The quantitative estimate of drug-likeness (QED) is 0.253. The highest BCUT2D eigenvalue weighted by molar-refractivity contribution is 6.32. The number of hydrogen-bond donors (Lipinski definition) is 4. The van der Waals surface area contributed by atoms with Crippen molar-refractivity contribution in [3.8, 4) is 6.07 Å². The molecule has 1 aliphatic rings. The Bertz CT molecular complexity index is 1110. The Balaban J connectivity index is 0.000000329. The molecular formula is C25H32ClF3N6O5. The molecule has 4 N–H and O–H groups in total. The fourth-order valence-corrected chi connectivity index (χ4v) is 3.81. The Kier molecular flexibility index (Phi) is 14.9. The van der Waals surface area contributed by atoms with Gasteiger partial charge in [0, 0.05) is 13.1 Å². The van der Waals surface area contributed by atoms with Crippen molar-refractivity contribution in [2.45, 2.75) is 57.5 Å². The van der Waals surface area contributed by atoms with Crippen LogP contribution in [0.15, 0.2) is 30.5 Å². The number of nitrogens with zero attached hydrogens (tertiary/aromatic N) is 5. The number of halogens is 4. The van der Waals surface area contributed by atoms with Crippen LogP contribution in [0.2, 0.25) is 5.02 Å². The maximum atomic E-state index is 10.7. The number of carboxylic acid groups (broad SMARTS) is 1. The van der Waals surface area contributed by atoms with Gasteiger partial charge in [-0.05, 0) is 32.4 Å². The predicted octanol–water partition coefficient (Wildman–Crippen LogP) is 2.83. The minimum atomic E-state index is -5.08. The molecule has 15 heteroatoms. The van der Waals surface area contributed by atoms with Gasteiger partial charge in [0.05, 0.1) is 24.9 Å². The SMILES string of the molecule is Cc1ccc(CN(C)CC(O)CO)cc1.N#Cc1ncc(Cl)c(N(NC=O)C2CCCC2)n1.O=C(O)C(F)(F)F. The number of aromatic nitrogens is 2. The summed E-state index contributed by atoms with van der Waals surface area (Å²) >= 11 is 6.03. The number of hydrazine groups is 1. The Morgan fingerprint density at radius 1 is 1.30 bits per heavy atom. The maximum absolute atomic E-state index is 10.7. The van der Waals surface area contributed by atoms with Crippen LogP contribution in [0.3, 0.4) is 0 Å². The molecule has 0 spiro atoms. The molecule has 1 aromatic carbocycles. The number of hydrogen-bond acceptors (Lipinski definition) is 9. The van der Waals surface area contributed by atoms with Crippen molar-refractivity contribution in [3.05, 3.63) is 52.4 Å². The molecule has 0 aliphatic heterocycles. The number of aryl methyl sites for hydroxylation is 1. The molecule has 0 saturated heterocycles. The fourth-order valence-electron chi connectivity index (χ4n) is 3.63.